The zero-order valence-electron chi connectivity index (χ0n) is 16.6. The maximum absolute atomic E-state index is 2.53. The van der Waals surface area contributed by atoms with E-state index in [2.05, 4.69) is 100 Å². The minimum absolute atomic E-state index is 0.715. The topological polar surface area (TPSA) is 0 Å². The maximum atomic E-state index is 2.49. The van der Waals surface area contributed by atoms with E-state index in [0.717, 1.165) is 0 Å². The van der Waals surface area contributed by atoms with Crippen LogP contribution in [0.2, 0.25) is 9.50 Å². The van der Waals surface area contributed by atoms with Crippen molar-refractivity contribution in [3.63, 3.8) is 0 Å². The van der Waals surface area contributed by atoms with Gasteiger partial charge in [-0.2, -0.15) is 0 Å². The molecule has 134 valence electrons. The normalized spacial score (nSPS) is 14.9. The molecule has 0 amide bonds. The fraction of sp³-hybridized carbons (Fsp3) is 0.231. The molecule has 0 radical (unpaired) electrons. The van der Waals surface area contributed by atoms with E-state index >= 15 is 0 Å². The van der Waals surface area contributed by atoms with Crippen LogP contribution in [0.25, 0.3) is 32.7 Å². The number of rotatable bonds is 2. The van der Waals surface area contributed by atoms with E-state index in [1.165, 1.54) is 21.5 Å². The van der Waals surface area contributed by atoms with Gasteiger partial charge in [0.1, 0.15) is 0 Å². The van der Waals surface area contributed by atoms with Crippen LogP contribution in [-0.2, 0) is 0 Å². The number of fused-ring (bicyclic) bond motifs is 7. The average molecular weight is 411 g/mol. The SMILES string of the molecule is C[CH](C)[Ge]1([CH](C)C)[c]2ccc3ccccc3c2-c2[c]1ccc1ccccc21. The third kappa shape index (κ3) is 2.11. The van der Waals surface area contributed by atoms with Gasteiger partial charge in [0.15, 0.2) is 0 Å². The molecule has 0 nitrogen and oxygen atoms in total. The quantitative estimate of drug-likeness (QED) is 0.337. The Morgan fingerprint density at radius 3 is 1.33 bits per heavy atom. The van der Waals surface area contributed by atoms with Gasteiger partial charge in [-0.3, -0.25) is 0 Å². The van der Waals surface area contributed by atoms with Crippen molar-refractivity contribution in [2.24, 2.45) is 0 Å². The molecule has 1 aliphatic heterocycles. The molecule has 0 aromatic heterocycles. The van der Waals surface area contributed by atoms with Gasteiger partial charge in [0.2, 0.25) is 0 Å². The number of benzene rings is 4. The molecule has 0 fully saturated rings. The van der Waals surface area contributed by atoms with E-state index in [4.69, 9.17) is 0 Å². The third-order valence-electron chi connectivity index (χ3n) is 6.82. The van der Waals surface area contributed by atoms with Crippen LogP contribution in [0.4, 0.5) is 0 Å². The van der Waals surface area contributed by atoms with Crippen molar-refractivity contribution in [2.75, 3.05) is 0 Å². The van der Waals surface area contributed by atoms with Crippen LogP contribution in [-0.4, -0.2) is 13.3 Å². The van der Waals surface area contributed by atoms with Gasteiger partial charge in [0.25, 0.3) is 0 Å². The van der Waals surface area contributed by atoms with Crippen molar-refractivity contribution in [1.29, 1.82) is 0 Å². The number of hydrogen-bond acceptors (Lipinski definition) is 0. The van der Waals surface area contributed by atoms with Crippen LogP contribution >= 0.6 is 0 Å². The molecule has 1 aliphatic rings. The Labute approximate surface area is 164 Å². The van der Waals surface area contributed by atoms with E-state index in [0.29, 0.717) is 9.50 Å². The fourth-order valence-electron chi connectivity index (χ4n) is 5.83. The summed E-state index contributed by atoms with van der Waals surface area (Å²) in [6.45, 7) is 9.90. The van der Waals surface area contributed by atoms with Crippen molar-refractivity contribution in [3.8, 4) is 11.1 Å². The van der Waals surface area contributed by atoms with Crippen LogP contribution in [0.5, 0.6) is 0 Å². The molecule has 0 aliphatic carbocycles. The van der Waals surface area contributed by atoms with Crippen molar-refractivity contribution in [1.82, 2.24) is 0 Å². The standard InChI is InChI=1S/C26H26Ge/c1-17(2)27(18(3)4)23-15-13-19-9-5-7-11-21(19)25(23)26-22-12-8-6-10-20(22)14-16-24(26)27/h5-18H,1-4H3. The molecular weight excluding hydrogens is 385 g/mol. The summed E-state index contributed by atoms with van der Waals surface area (Å²) in [4.78, 5) is 0. The Hall–Kier alpha value is -2.06. The minimum atomic E-state index is -2.53. The molecule has 5 rings (SSSR count). The van der Waals surface area contributed by atoms with E-state index in [9.17, 15) is 0 Å². The summed E-state index contributed by atoms with van der Waals surface area (Å²) >= 11 is -2.53. The molecule has 27 heavy (non-hydrogen) atoms. The Balaban J connectivity index is 2.06. The molecular formula is C26H26Ge. The van der Waals surface area contributed by atoms with Crippen LogP contribution in [0, 0.1) is 0 Å². The summed E-state index contributed by atoms with van der Waals surface area (Å²) in [7, 11) is 0. The summed E-state index contributed by atoms with van der Waals surface area (Å²) in [5.41, 5.74) is 3.09. The van der Waals surface area contributed by atoms with Crippen molar-refractivity contribution >= 4 is 43.6 Å². The Bertz CT molecular complexity index is 1090. The van der Waals surface area contributed by atoms with Crippen LogP contribution < -0.4 is 8.79 Å². The van der Waals surface area contributed by atoms with Gasteiger partial charge < -0.3 is 0 Å². The van der Waals surface area contributed by atoms with Crippen molar-refractivity contribution in [3.05, 3.63) is 72.8 Å². The van der Waals surface area contributed by atoms with Gasteiger partial charge in [-0.05, 0) is 0 Å². The van der Waals surface area contributed by atoms with Crippen molar-refractivity contribution < 1.29 is 0 Å². The van der Waals surface area contributed by atoms with Gasteiger partial charge in [-0.25, -0.2) is 0 Å². The summed E-state index contributed by atoms with van der Waals surface area (Å²) < 4.78 is 4.83. The molecule has 1 heterocycles. The Kier molecular flexibility index (Phi) is 3.77. The van der Waals surface area contributed by atoms with Gasteiger partial charge in [-0.1, -0.05) is 0 Å². The van der Waals surface area contributed by atoms with Gasteiger partial charge in [-0.15, -0.1) is 0 Å². The molecule has 0 saturated carbocycles. The first-order chi connectivity index (χ1) is 13.1. The third-order valence-corrected chi connectivity index (χ3v) is 20.0. The predicted octanol–water partition coefficient (Wildman–Crippen LogP) is 6.36. The van der Waals surface area contributed by atoms with Gasteiger partial charge in [0, 0.05) is 0 Å². The number of hydrogen-bond donors (Lipinski definition) is 0. The van der Waals surface area contributed by atoms with E-state index in [-0.39, 0.29) is 0 Å². The molecule has 0 unspecified atom stereocenters. The summed E-state index contributed by atoms with van der Waals surface area (Å²) in [6.07, 6.45) is 0. The zero-order chi connectivity index (χ0) is 18.8. The Morgan fingerprint density at radius 2 is 0.926 bits per heavy atom. The molecule has 0 atom stereocenters. The first kappa shape index (κ1) is 17.1. The van der Waals surface area contributed by atoms with Gasteiger partial charge >= 0.3 is 165 Å². The summed E-state index contributed by atoms with van der Waals surface area (Å²) in [5.74, 6) is 0. The molecule has 0 N–H and O–H groups in total. The zero-order valence-corrected chi connectivity index (χ0v) is 18.7. The molecule has 0 bridgehead atoms. The molecule has 0 saturated heterocycles. The second kappa shape index (κ2) is 5.97. The summed E-state index contributed by atoms with van der Waals surface area (Å²) in [6, 6.07) is 27.6. The van der Waals surface area contributed by atoms with E-state index < -0.39 is 13.3 Å². The van der Waals surface area contributed by atoms with Crippen molar-refractivity contribution in [2.45, 2.75) is 37.2 Å². The monoisotopic (exact) mass is 412 g/mol. The van der Waals surface area contributed by atoms with Gasteiger partial charge in [0.05, 0.1) is 0 Å². The molecule has 0 spiro atoms. The second-order valence-corrected chi connectivity index (χ2v) is 19.3. The molecule has 4 aromatic carbocycles. The van der Waals surface area contributed by atoms with Crippen LogP contribution in [0.15, 0.2) is 72.8 Å². The predicted molar refractivity (Wildman–Crippen MR) is 122 cm³/mol. The van der Waals surface area contributed by atoms with Crippen LogP contribution in [0.1, 0.15) is 27.7 Å². The first-order valence-electron chi connectivity index (χ1n) is 10.1. The summed E-state index contributed by atoms with van der Waals surface area (Å²) in [5, 5.41) is 5.59. The van der Waals surface area contributed by atoms with Crippen LogP contribution in [0.3, 0.4) is 0 Å². The van der Waals surface area contributed by atoms with E-state index in [1.54, 1.807) is 19.9 Å². The molecule has 4 aromatic rings. The molecule has 1 heteroatoms. The average Bonchev–Trinajstić information content (AvgIpc) is 3.00. The fourth-order valence-corrected chi connectivity index (χ4v) is 18.8. The first-order valence-corrected chi connectivity index (χ1v) is 14.6. The Morgan fingerprint density at radius 1 is 0.519 bits per heavy atom. The van der Waals surface area contributed by atoms with E-state index in [1.807, 2.05) is 0 Å². The second-order valence-electron chi connectivity index (χ2n) is 8.60.